The molecule has 1 heterocycles. The molecule has 0 saturated heterocycles. The minimum atomic E-state index is -0.677. The molecule has 5 heteroatoms. The van der Waals surface area contributed by atoms with Crippen molar-refractivity contribution in [2.45, 2.75) is 37.6 Å². The molecule has 1 saturated carbocycles. The maximum absolute atomic E-state index is 12.9. The topological polar surface area (TPSA) is 62.2 Å². The summed E-state index contributed by atoms with van der Waals surface area (Å²) in [4.78, 5) is 15.4. The Hall–Kier alpha value is -1.49. The second-order valence-electron chi connectivity index (χ2n) is 4.82. The van der Waals surface area contributed by atoms with Crippen LogP contribution in [-0.4, -0.2) is 28.1 Å². The number of aliphatic hydroxyl groups excluding tert-OH is 1. The highest BCUT2D eigenvalue weighted by Crippen LogP contribution is 2.28. The van der Waals surface area contributed by atoms with Crippen LogP contribution >= 0.6 is 0 Å². The molecule has 1 aromatic rings. The number of aromatic nitrogens is 1. The molecule has 1 aromatic heterocycles. The molecule has 0 bridgehead atoms. The van der Waals surface area contributed by atoms with Gasteiger partial charge in [-0.15, -0.1) is 0 Å². The van der Waals surface area contributed by atoms with Crippen LogP contribution in [0, 0.1) is 5.95 Å². The Kier molecular flexibility index (Phi) is 3.91. The van der Waals surface area contributed by atoms with E-state index in [-0.39, 0.29) is 18.1 Å². The Labute approximate surface area is 105 Å². The molecule has 1 fully saturated rings. The number of hydrogen-bond donors (Lipinski definition) is 2. The molecule has 0 aliphatic heterocycles. The predicted molar refractivity (Wildman–Crippen MR) is 64.6 cm³/mol. The number of nitrogens with zero attached hydrogens (tertiary/aromatic N) is 1. The summed E-state index contributed by atoms with van der Waals surface area (Å²) in [6, 6.07) is 2.57. The van der Waals surface area contributed by atoms with E-state index in [1.165, 1.54) is 12.3 Å². The number of pyridine rings is 1. The lowest BCUT2D eigenvalue weighted by Gasteiger charge is -2.36. The number of halogens is 1. The van der Waals surface area contributed by atoms with Crippen LogP contribution in [0.25, 0.3) is 0 Å². The molecule has 98 valence electrons. The highest BCUT2D eigenvalue weighted by atomic mass is 19.1. The molecule has 0 spiro atoms. The van der Waals surface area contributed by atoms with Crippen molar-refractivity contribution < 1.29 is 14.3 Å². The van der Waals surface area contributed by atoms with Crippen molar-refractivity contribution in [2.24, 2.45) is 0 Å². The van der Waals surface area contributed by atoms with Crippen molar-refractivity contribution in [1.82, 2.24) is 10.3 Å². The number of aliphatic hydroxyl groups is 1. The normalized spacial score (nSPS) is 18.3. The average Bonchev–Trinajstić information content (AvgIpc) is 2.40. The summed E-state index contributed by atoms with van der Waals surface area (Å²) in [5, 5.41) is 12.3. The van der Waals surface area contributed by atoms with Crippen LogP contribution in [0.2, 0.25) is 0 Å². The number of rotatable bonds is 3. The van der Waals surface area contributed by atoms with Gasteiger partial charge in [0.2, 0.25) is 5.95 Å². The van der Waals surface area contributed by atoms with Gasteiger partial charge in [0.1, 0.15) is 0 Å². The second kappa shape index (κ2) is 5.44. The first-order valence-electron chi connectivity index (χ1n) is 6.20. The van der Waals surface area contributed by atoms with Gasteiger partial charge in [-0.2, -0.15) is 4.39 Å². The fourth-order valence-electron chi connectivity index (χ4n) is 2.41. The van der Waals surface area contributed by atoms with Crippen molar-refractivity contribution in [3.63, 3.8) is 0 Å². The van der Waals surface area contributed by atoms with E-state index >= 15 is 0 Å². The van der Waals surface area contributed by atoms with Crippen molar-refractivity contribution >= 4 is 5.91 Å². The van der Waals surface area contributed by atoms with E-state index in [4.69, 9.17) is 0 Å². The molecule has 2 N–H and O–H groups in total. The summed E-state index contributed by atoms with van der Waals surface area (Å²) in [6.45, 7) is -0.0771. The fraction of sp³-hybridized carbons (Fsp3) is 0.538. The molecule has 18 heavy (non-hydrogen) atoms. The van der Waals surface area contributed by atoms with Gasteiger partial charge < -0.3 is 10.4 Å². The van der Waals surface area contributed by atoms with Crippen LogP contribution in [0.1, 0.15) is 42.5 Å². The minimum Gasteiger partial charge on any atom is -0.394 e. The van der Waals surface area contributed by atoms with Gasteiger partial charge in [-0.1, -0.05) is 19.3 Å². The molecule has 2 rings (SSSR count). The number of nitrogens with one attached hydrogen (secondary N) is 1. The third-order valence-corrected chi connectivity index (χ3v) is 3.48. The van der Waals surface area contributed by atoms with Gasteiger partial charge >= 0.3 is 0 Å². The number of amides is 1. The number of carbonyl (C=O) groups excluding carboxylic acids is 1. The first kappa shape index (κ1) is 13.0. The Morgan fingerprint density at radius 2 is 2.17 bits per heavy atom. The summed E-state index contributed by atoms with van der Waals surface area (Å²) >= 11 is 0. The number of carbonyl (C=O) groups is 1. The van der Waals surface area contributed by atoms with Crippen LogP contribution in [0.5, 0.6) is 0 Å². The Balaban J connectivity index is 2.10. The smallest absolute Gasteiger partial charge is 0.252 e. The monoisotopic (exact) mass is 252 g/mol. The average molecular weight is 252 g/mol. The minimum absolute atomic E-state index is 0.0771. The third-order valence-electron chi connectivity index (χ3n) is 3.48. The van der Waals surface area contributed by atoms with Gasteiger partial charge in [-0.3, -0.25) is 4.79 Å². The molecule has 1 aliphatic carbocycles. The first-order valence-corrected chi connectivity index (χ1v) is 6.20. The molecule has 0 unspecified atom stereocenters. The second-order valence-corrected chi connectivity index (χ2v) is 4.82. The summed E-state index contributed by atoms with van der Waals surface area (Å²) in [5.74, 6) is -1.03. The van der Waals surface area contributed by atoms with E-state index in [0.29, 0.717) is 0 Å². The Bertz CT molecular complexity index is 431. The van der Waals surface area contributed by atoms with E-state index in [2.05, 4.69) is 10.3 Å². The SMILES string of the molecule is O=C(NC1(CO)CCCCC1)c1ccnc(F)c1. The van der Waals surface area contributed by atoms with Gasteiger partial charge in [0.15, 0.2) is 0 Å². The van der Waals surface area contributed by atoms with Crippen LogP contribution in [0.3, 0.4) is 0 Å². The molecule has 4 nitrogen and oxygen atoms in total. The van der Waals surface area contributed by atoms with Crippen LogP contribution in [0.4, 0.5) is 4.39 Å². The lowest BCUT2D eigenvalue weighted by Crippen LogP contribution is -2.52. The van der Waals surface area contributed by atoms with Crippen LogP contribution in [0.15, 0.2) is 18.3 Å². The fourth-order valence-corrected chi connectivity index (χ4v) is 2.41. The van der Waals surface area contributed by atoms with Crippen molar-refractivity contribution in [2.75, 3.05) is 6.61 Å². The third kappa shape index (κ3) is 2.85. The Morgan fingerprint density at radius 1 is 1.44 bits per heavy atom. The molecular weight excluding hydrogens is 235 g/mol. The van der Waals surface area contributed by atoms with E-state index in [9.17, 15) is 14.3 Å². The molecule has 0 atom stereocenters. The summed E-state index contributed by atoms with van der Waals surface area (Å²) in [7, 11) is 0. The molecule has 1 aliphatic rings. The zero-order valence-corrected chi connectivity index (χ0v) is 10.2. The summed E-state index contributed by atoms with van der Waals surface area (Å²) < 4.78 is 12.9. The lowest BCUT2D eigenvalue weighted by molar-refractivity contribution is 0.0758. The van der Waals surface area contributed by atoms with Gasteiger partial charge in [-0.05, 0) is 18.9 Å². The van der Waals surface area contributed by atoms with Gasteiger partial charge in [0.25, 0.3) is 5.91 Å². The number of hydrogen-bond acceptors (Lipinski definition) is 3. The van der Waals surface area contributed by atoms with Crippen LogP contribution < -0.4 is 5.32 Å². The maximum atomic E-state index is 12.9. The molecule has 0 radical (unpaired) electrons. The largest absolute Gasteiger partial charge is 0.394 e. The summed E-state index contributed by atoms with van der Waals surface area (Å²) in [6.07, 6.45) is 5.90. The highest BCUT2D eigenvalue weighted by Gasteiger charge is 2.33. The maximum Gasteiger partial charge on any atom is 0.252 e. The van der Waals surface area contributed by atoms with Gasteiger partial charge in [-0.25, -0.2) is 4.98 Å². The van der Waals surface area contributed by atoms with E-state index in [0.717, 1.165) is 38.2 Å². The van der Waals surface area contributed by atoms with Crippen molar-refractivity contribution in [3.05, 3.63) is 29.8 Å². The lowest BCUT2D eigenvalue weighted by atomic mass is 9.82. The van der Waals surface area contributed by atoms with Crippen molar-refractivity contribution in [1.29, 1.82) is 0 Å². The molecular formula is C13H17FN2O2. The quantitative estimate of drug-likeness (QED) is 0.804. The first-order chi connectivity index (χ1) is 8.65. The van der Waals surface area contributed by atoms with E-state index in [1.807, 2.05) is 0 Å². The standard InChI is InChI=1S/C13H17FN2O2/c14-11-8-10(4-7-15-11)12(18)16-13(9-17)5-2-1-3-6-13/h4,7-8,17H,1-3,5-6,9H2,(H,16,18). The highest BCUT2D eigenvalue weighted by molar-refractivity contribution is 5.94. The Morgan fingerprint density at radius 3 is 2.78 bits per heavy atom. The summed E-state index contributed by atoms with van der Waals surface area (Å²) in [5.41, 5.74) is -0.310. The van der Waals surface area contributed by atoms with E-state index in [1.54, 1.807) is 0 Å². The van der Waals surface area contributed by atoms with Gasteiger partial charge in [0, 0.05) is 17.8 Å². The van der Waals surface area contributed by atoms with Crippen molar-refractivity contribution in [3.8, 4) is 0 Å². The zero-order chi connectivity index (χ0) is 13.0. The molecule has 1 amide bonds. The van der Waals surface area contributed by atoms with E-state index < -0.39 is 11.5 Å². The zero-order valence-electron chi connectivity index (χ0n) is 10.2. The molecule has 0 aromatic carbocycles. The van der Waals surface area contributed by atoms with Gasteiger partial charge in [0.05, 0.1) is 12.1 Å². The van der Waals surface area contributed by atoms with Crippen LogP contribution in [-0.2, 0) is 0 Å². The predicted octanol–water partition coefficient (Wildman–Crippen LogP) is 1.65.